The molecule has 0 amide bonds. The summed E-state index contributed by atoms with van der Waals surface area (Å²) in [5.74, 6) is 0.885. The van der Waals surface area contributed by atoms with Crippen molar-refractivity contribution in [2.24, 2.45) is 0 Å². The molecule has 4 heteroatoms. The fourth-order valence-electron chi connectivity index (χ4n) is 2.07. The van der Waals surface area contributed by atoms with Crippen LogP contribution in [0.4, 0.5) is 11.4 Å². The number of anilines is 2. The Morgan fingerprint density at radius 1 is 1.25 bits per heavy atom. The third-order valence-electron chi connectivity index (χ3n) is 3.10. The molecule has 4 nitrogen and oxygen atoms in total. The Bertz CT molecular complexity index is 557. The molecule has 0 aliphatic rings. The van der Waals surface area contributed by atoms with Gasteiger partial charge in [0.05, 0.1) is 30.9 Å². The van der Waals surface area contributed by atoms with Crippen molar-refractivity contribution in [2.45, 2.75) is 13.5 Å². The summed E-state index contributed by atoms with van der Waals surface area (Å²) in [4.78, 5) is 6.44. The molecule has 0 aliphatic heterocycles. The van der Waals surface area contributed by atoms with Crippen molar-refractivity contribution in [2.75, 3.05) is 30.9 Å². The van der Waals surface area contributed by atoms with Gasteiger partial charge in [-0.25, -0.2) is 0 Å². The van der Waals surface area contributed by atoms with Crippen molar-refractivity contribution < 1.29 is 4.74 Å². The quantitative estimate of drug-likeness (QED) is 0.875. The van der Waals surface area contributed by atoms with Gasteiger partial charge >= 0.3 is 0 Å². The van der Waals surface area contributed by atoms with Gasteiger partial charge in [-0.1, -0.05) is 12.1 Å². The average Bonchev–Trinajstić information content (AvgIpc) is 2.48. The summed E-state index contributed by atoms with van der Waals surface area (Å²) in [6, 6.07) is 10.2. The van der Waals surface area contributed by atoms with E-state index < -0.39 is 0 Å². The lowest BCUT2D eigenvalue weighted by Crippen LogP contribution is -2.16. The van der Waals surface area contributed by atoms with E-state index in [1.807, 2.05) is 24.5 Å². The molecule has 0 unspecified atom stereocenters. The highest BCUT2D eigenvalue weighted by Crippen LogP contribution is 2.20. The van der Waals surface area contributed by atoms with Crippen molar-refractivity contribution in [3.05, 3.63) is 48.3 Å². The van der Waals surface area contributed by atoms with Crippen LogP contribution in [0.5, 0.6) is 5.75 Å². The third kappa shape index (κ3) is 3.63. The zero-order valence-corrected chi connectivity index (χ0v) is 12.3. The van der Waals surface area contributed by atoms with Crippen molar-refractivity contribution in [3.63, 3.8) is 0 Å². The molecule has 0 aliphatic carbocycles. The second-order valence-corrected chi connectivity index (χ2v) is 4.67. The molecule has 1 aromatic heterocycles. The van der Waals surface area contributed by atoms with Gasteiger partial charge in [0, 0.05) is 20.1 Å². The maximum absolute atomic E-state index is 5.25. The Morgan fingerprint density at radius 3 is 2.85 bits per heavy atom. The van der Waals surface area contributed by atoms with Crippen LogP contribution in [0.15, 0.2) is 42.7 Å². The lowest BCUT2D eigenvalue weighted by Gasteiger charge is -2.20. The number of pyridine rings is 1. The molecule has 0 bridgehead atoms. The predicted octanol–water partition coefficient (Wildman–Crippen LogP) is 3.16. The number of nitrogens with zero attached hydrogens (tertiary/aromatic N) is 2. The second kappa shape index (κ2) is 6.80. The zero-order chi connectivity index (χ0) is 14.4. The van der Waals surface area contributed by atoms with E-state index in [2.05, 4.69) is 47.4 Å². The summed E-state index contributed by atoms with van der Waals surface area (Å²) in [7, 11) is 3.75. The lowest BCUT2D eigenvalue weighted by molar-refractivity contribution is 0.414. The smallest absolute Gasteiger partial charge is 0.119 e. The molecule has 0 saturated heterocycles. The molecule has 2 aromatic rings. The van der Waals surface area contributed by atoms with E-state index in [9.17, 15) is 0 Å². The van der Waals surface area contributed by atoms with Crippen LogP contribution < -0.4 is 15.0 Å². The Hall–Kier alpha value is -2.23. The van der Waals surface area contributed by atoms with Gasteiger partial charge < -0.3 is 15.0 Å². The van der Waals surface area contributed by atoms with Crippen molar-refractivity contribution in [3.8, 4) is 5.75 Å². The number of nitrogens with one attached hydrogen (secondary N) is 1. The highest BCUT2D eigenvalue weighted by Gasteiger charge is 2.04. The molecule has 1 aromatic carbocycles. The fourth-order valence-corrected chi connectivity index (χ4v) is 2.07. The van der Waals surface area contributed by atoms with Crippen molar-refractivity contribution in [1.82, 2.24) is 4.98 Å². The van der Waals surface area contributed by atoms with Crippen LogP contribution >= 0.6 is 0 Å². The molecular formula is C16H21N3O. The van der Waals surface area contributed by atoms with Gasteiger partial charge in [-0.2, -0.15) is 0 Å². The fraction of sp³-hybridized carbons (Fsp3) is 0.312. The molecule has 20 heavy (non-hydrogen) atoms. The lowest BCUT2D eigenvalue weighted by atomic mass is 10.2. The summed E-state index contributed by atoms with van der Waals surface area (Å²) < 4.78 is 5.25. The molecule has 0 atom stereocenters. The minimum Gasteiger partial charge on any atom is -0.497 e. The van der Waals surface area contributed by atoms with Gasteiger partial charge in [-0.05, 0) is 30.7 Å². The Labute approximate surface area is 120 Å². The van der Waals surface area contributed by atoms with E-state index in [1.54, 1.807) is 7.11 Å². The Morgan fingerprint density at radius 2 is 2.10 bits per heavy atom. The van der Waals surface area contributed by atoms with Gasteiger partial charge in [0.1, 0.15) is 5.75 Å². The summed E-state index contributed by atoms with van der Waals surface area (Å²) >= 11 is 0. The minimum absolute atomic E-state index is 0.814. The normalized spacial score (nSPS) is 10.2. The topological polar surface area (TPSA) is 37.4 Å². The average molecular weight is 271 g/mol. The number of hydrogen-bond donors (Lipinski definition) is 1. The van der Waals surface area contributed by atoms with E-state index in [1.165, 1.54) is 5.56 Å². The Kier molecular flexibility index (Phi) is 4.82. The van der Waals surface area contributed by atoms with Crippen LogP contribution in [0.1, 0.15) is 12.5 Å². The molecule has 0 radical (unpaired) electrons. The largest absolute Gasteiger partial charge is 0.497 e. The molecule has 2 rings (SSSR count). The molecule has 0 fully saturated rings. The number of methoxy groups -OCH3 is 1. The summed E-state index contributed by atoms with van der Waals surface area (Å²) in [5.41, 5.74) is 3.34. The van der Waals surface area contributed by atoms with Gasteiger partial charge in [0.2, 0.25) is 0 Å². The molecule has 106 valence electrons. The number of hydrogen-bond acceptors (Lipinski definition) is 4. The third-order valence-corrected chi connectivity index (χ3v) is 3.10. The van der Waals surface area contributed by atoms with Gasteiger partial charge in [-0.15, -0.1) is 0 Å². The molecule has 1 N–H and O–H groups in total. The molecule has 1 heterocycles. The van der Waals surface area contributed by atoms with E-state index in [-0.39, 0.29) is 0 Å². The first-order chi connectivity index (χ1) is 9.72. The van der Waals surface area contributed by atoms with Crippen LogP contribution in [-0.2, 0) is 6.54 Å². The van der Waals surface area contributed by atoms with Gasteiger partial charge in [0.25, 0.3) is 0 Å². The summed E-state index contributed by atoms with van der Waals surface area (Å²) in [6.45, 7) is 3.78. The SMILES string of the molecule is CCNc1cncc(N(C)Cc2cccc(OC)c2)c1. The van der Waals surface area contributed by atoms with Gasteiger partial charge in [0.15, 0.2) is 0 Å². The molecule has 0 saturated carbocycles. The van der Waals surface area contributed by atoms with Crippen LogP contribution in [0.3, 0.4) is 0 Å². The number of benzene rings is 1. The van der Waals surface area contributed by atoms with Crippen molar-refractivity contribution in [1.29, 1.82) is 0 Å². The first-order valence-corrected chi connectivity index (χ1v) is 6.76. The number of ether oxygens (including phenoxy) is 1. The van der Waals surface area contributed by atoms with Crippen LogP contribution in [0.25, 0.3) is 0 Å². The van der Waals surface area contributed by atoms with Gasteiger partial charge in [-0.3, -0.25) is 4.98 Å². The predicted molar refractivity (Wildman–Crippen MR) is 83.5 cm³/mol. The number of aromatic nitrogens is 1. The van der Waals surface area contributed by atoms with Crippen molar-refractivity contribution >= 4 is 11.4 Å². The summed E-state index contributed by atoms with van der Waals surface area (Å²) in [6.07, 6.45) is 3.72. The maximum Gasteiger partial charge on any atom is 0.119 e. The monoisotopic (exact) mass is 271 g/mol. The summed E-state index contributed by atoms with van der Waals surface area (Å²) in [5, 5.41) is 3.28. The first-order valence-electron chi connectivity index (χ1n) is 6.76. The van der Waals surface area contributed by atoms with E-state index in [0.29, 0.717) is 0 Å². The molecular weight excluding hydrogens is 250 g/mol. The van der Waals surface area contributed by atoms with E-state index in [4.69, 9.17) is 4.74 Å². The highest BCUT2D eigenvalue weighted by molar-refractivity contribution is 5.55. The highest BCUT2D eigenvalue weighted by atomic mass is 16.5. The standard InChI is InChI=1S/C16H21N3O/c1-4-18-14-9-15(11-17-10-14)19(2)12-13-6-5-7-16(8-13)20-3/h5-11,18H,4,12H2,1-3H3. The Balaban J connectivity index is 2.10. The van der Waals surface area contributed by atoms with E-state index >= 15 is 0 Å². The first kappa shape index (κ1) is 14.2. The molecule has 0 spiro atoms. The second-order valence-electron chi connectivity index (χ2n) is 4.67. The number of rotatable bonds is 6. The zero-order valence-electron chi connectivity index (χ0n) is 12.3. The maximum atomic E-state index is 5.25. The van der Waals surface area contributed by atoms with Crippen LogP contribution in [0.2, 0.25) is 0 Å². The van der Waals surface area contributed by atoms with E-state index in [0.717, 1.165) is 30.2 Å². The minimum atomic E-state index is 0.814. The van der Waals surface area contributed by atoms with Crippen LogP contribution in [-0.4, -0.2) is 25.7 Å². The van der Waals surface area contributed by atoms with Crippen LogP contribution in [0, 0.1) is 0 Å².